The number of rotatable bonds is 5. The van der Waals surface area contributed by atoms with Gasteiger partial charge in [0.1, 0.15) is 5.75 Å². The van der Waals surface area contributed by atoms with Crippen LogP contribution in [0, 0.1) is 0 Å². The van der Waals surface area contributed by atoms with Gasteiger partial charge in [-0.15, -0.1) is 0 Å². The summed E-state index contributed by atoms with van der Waals surface area (Å²) in [5, 5.41) is 2.54. The largest absolute Gasteiger partial charge is 0.477 e. The highest BCUT2D eigenvalue weighted by Gasteiger charge is 2.36. The van der Waals surface area contributed by atoms with Gasteiger partial charge >= 0.3 is 0 Å². The van der Waals surface area contributed by atoms with Crippen LogP contribution >= 0.6 is 0 Å². The monoisotopic (exact) mass is 407 g/mol. The Hall–Kier alpha value is -3.68. The molecule has 0 radical (unpaired) electrons. The van der Waals surface area contributed by atoms with E-state index in [0.29, 0.717) is 29.0 Å². The SMILES string of the molecule is CNC(=O)C1CN(C(=O)CCCN2C(=O)c3ccccc3C2=O)c2ccccc2O1. The zero-order chi connectivity index (χ0) is 21.3. The fourth-order valence-corrected chi connectivity index (χ4v) is 3.73. The number of para-hydroxylation sites is 2. The van der Waals surface area contributed by atoms with E-state index in [9.17, 15) is 19.2 Å². The average molecular weight is 407 g/mol. The van der Waals surface area contributed by atoms with Gasteiger partial charge in [-0.2, -0.15) is 0 Å². The minimum Gasteiger partial charge on any atom is -0.477 e. The first kappa shape index (κ1) is 19.6. The molecule has 8 nitrogen and oxygen atoms in total. The van der Waals surface area contributed by atoms with Gasteiger partial charge in [0.15, 0.2) is 6.10 Å². The number of hydrogen-bond donors (Lipinski definition) is 1. The van der Waals surface area contributed by atoms with Gasteiger partial charge < -0.3 is 15.0 Å². The summed E-state index contributed by atoms with van der Waals surface area (Å²) in [5.74, 6) is -0.713. The minimum atomic E-state index is -0.801. The van der Waals surface area contributed by atoms with E-state index in [0.717, 1.165) is 0 Å². The summed E-state index contributed by atoms with van der Waals surface area (Å²) >= 11 is 0. The highest BCUT2D eigenvalue weighted by Crippen LogP contribution is 2.33. The molecule has 2 aromatic rings. The van der Waals surface area contributed by atoms with Crippen molar-refractivity contribution in [3.05, 3.63) is 59.7 Å². The van der Waals surface area contributed by atoms with Crippen LogP contribution in [0.2, 0.25) is 0 Å². The zero-order valence-electron chi connectivity index (χ0n) is 16.5. The number of amides is 4. The molecule has 1 atom stereocenters. The van der Waals surface area contributed by atoms with E-state index in [-0.39, 0.29) is 43.1 Å². The molecule has 1 unspecified atom stereocenters. The van der Waals surface area contributed by atoms with Crippen molar-refractivity contribution in [3.8, 4) is 5.75 Å². The molecule has 0 spiro atoms. The Bertz CT molecular complexity index is 1000. The third kappa shape index (κ3) is 3.41. The highest BCUT2D eigenvalue weighted by atomic mass is 16.5. The number of ether oxygens (including phenoxy) is 1. The van der Waals surface area contributed by atoms with Crippen LogP contribution in [0.3, 0.4) is 0 Å². The first-order valence-electron chi connectivity index (χ1n) is 9.74. The van der Waals surface area contributed by atoms with Crippen molar-refractivity contribution < 1.29 is 23.9 Å². The van der Waals surface area contributed by atoms with Crippen LogP contribution in [0.5, 0.6) is 5.75 Å². The molecule has 0 bridgehead atoms. The van der Waals surface area contributed by atoms with Gasteiger partial charge in [-0.25, -0.2) is 0 Å². The Morgan fingerprint density at radius 3 is 2.33 bits per heavy atom. The molecule has 0 saturated carbocycles. The molecule has 2 aliphatic rings. The molecule has 8 heteroatoms. The van der Waals surface area contributed by atoms with Crippen molar-refractivity contribution in [1.29, 1.82) is 0 Å². The van der Waals surface area contributed by atoms with Crippen molar-refractivity contribution >= 4 is 29.3 Å². The van der Waals surface area contributed by atoms with Crippen LogP contribution in [0.25, 0.3) is 0 Å². The molecule has 0 aliphatic carbocycles. The van der Waals surface area contributed by atoms with Gasteiger partial charge in [0, 0.05) is 20.0 Å². The maximum absolute atomic E-state index is 12.9. The first-order chi connectivity index (χ1) is 14.5. The van der Waals surface area contributed by atoms with E-state index < -0.39 is 6.10 Å². The maximum atomic E-state index is 12.9. The molecule has 2 heterocycles. The third-order valence-corrected chi connectivity index (χ3v) is 5.26. The lowest BCUT2D eigenvalue weighted by Crippen LogP contribution is -2.50. The molecular weight excluding hydrogens is 386 g/mol. The predicted octanol–water partition coefficient (Wildman–Crippen LogP) is 1.60. The summed E-state index contributed by atoms with van der Waals surface area (Å²) in [4.78, 5) is 52.6. The second-order valence-corrected chi connectivity index (χ2v) is 7.10. The molecule has 4 amide bonds. The van der Waals surface area contributed by atoms with Gasteiger partial charge in [-0.1, -0.05) is 24.3 Å². The summed E-state index contributed by atoms with van der Waals surface area (Å²) in [7, 11) is 1.51. The molecule has 154 valence electrons. The van der Waals surface area contributed by atoms with E-state index in [1.54, 1.807) is 48.5 Å². The Labute approximate surface area is 173 Å². The summed E-state index contributed by atoms with van der Waals surface area (Å²) in [5.41, 5.74) is 1.39. The van der Waals surface area contributed by atoms with Crippen molar-refractivity contribution in [1.82, 2.24) is 10.2 Å². The standard InChI is InChI=1S/C22H21N3O5/c1-23-20(27)18-13-25(16-9-4-5-10-17(16)30-18)19(26)11-6-12-24-21(28)14-7-2-3-8-15(14)22(24)29/h2-5,7-10,18H,6,11-13H2,1H3,(H,23,27). The number of benzene rings is 2. The Morgan fingerprint density at radius 2 is 1.67 bits per heavy atom. The van der Waals surface area contributed by atoms with Gasteiger partial charge in [-0.05, 0) is 30.7 Å². The second-order valence-electron chi connectivity index (χ2n) is 7.10. The maximum Gasteiger partial charge on any atom is 0.262 e. The smallest absolute Gasteiger partial charge is 0.262 e. The average Bonchev–Trinajstić information content (AvgIpc) is 3.02. The van der Waals surface area contributed by atoms with Crippen LogP contribution in [0.15, 0.2) is 48.5 Å². The first-order valence-corrected chi connectivity index (χ1v) is 9.74. The summed E-state index contributed by atoms with van der Waals surface area (Å²) in [6.07, 6.45) is -0.346. The molecule has 30 heavy (non-hydrogen) atoms. The van der Waals surface area contributed by atoms with E-state index >= 15 is 0 Å². The topological polar surface area (TPSA) is 96.0 Å². The summed E-state index contributed by atoms with van der Waals surface area (Å²) < 4.78 is 5.71. The Kier molecular flexibility index (Phi) is 5.22. The van der Waals surface area contributed by atoms with E-state index in [4.69, 9.17) is 4.74 Å². The van der Waals surface area contributed by atoms with Crippen LogP contribution in [-0.2, 0) is 9.59 Å². The van der Waals surface area contributed by atoms with Crippen LogP contribution < -0.4 is 15.0 Å². The number of hydrogen-bond acceptors (Lipinski definition) is 5. The molecule has 0 aromatic heterocycles. The lowest BCUT2D eigenvalue weighted by molar-refractivity contribution is -0.128. The van der Waals surface area contributed by atoms with Gasteiger partial charge in [0.25, 0.3) is 17.7 Å². The second kappa shape index (κ2) is 7.98. The molecule has 2 aromatic carbocycles. The summed E-state index contributed by atoms with van der Waals surface area (Å²) in [6, 6.07) is 13.7. The Morgan fingerprint density at radius 1 is 1.03 bits per heavy atom. The van der Waals surface area contributed by atoms with Crippen molar-refractivity contribution in [2.24, 2.45) is 0 Å². The van der Waals surface area contributed by atoms with Crippen LogP contribution in [0.1, 0.15) is 33.6 Å². The van der Waals surface area contributed by atoms with Crippen molar-refractivity contribution in [2.75, 3.05) is 25.0 Å². The molecule has 0 fully saturated rings. The highest BCUT2D eigenvalue weighted by molar-refractivity contribution is 6.21. The number of nitrogens with zero attached hydrogens (tertiary/aromatic N) is 2. The van der Waals surface area contributed by atoms with Crippen molar-refractivity contribution in [2.45, 2.75) is 18.9 Å². The molecular formula is C22H21N3O5. The number of carbonyl (C=O) groups is 4. The van der Waals surface area contributed by atoms with Crippen LogP contribution in [0.4, 0.5) is 5.69 Å². The normalized spacial score (nSPS) is 17.3. The fourth-order valence-electron chi connectivity index (χ4n) is 3.73. The predicted molar refractivity (Wildman–Crippen MR) is 108 cm³/mol. The Balaban J connectivity index is 1.42. The van der Waals surface area contributed by atoms with Crippen LogP contribution in [-0.4, -0.2) is 54.8 Å². The lowest BCUT2D eigenvalue weighted by Gasteiger charge is -2.34. The number of carbonyl (C=O) groups excluding carboxylic acids is 4. The molecule has 0 saturated heterocycles. The molecule has 2 aliphatic heterocycles. The summed E-state index contributed by atoms with van der Waals surface area (Å²) in [6.45, 7) is 0.255. The lowest BCUT2D eigenvalue weighted by atomic mass is 10.1. The fraction of sp³-hybridized carbons (Fsp3) is 0.273. The van der Waals surface area contributed by atoms with Crippen molar-refractivity contribution in [3.63, 3.8) is 0 Å². The number of likely N-dealkylation sites (N-methyl/N-ethyl adjacent to an activating group) is 1. The van der Waals surface area contributed by atoms with Gasteiger partial charge in [0.2, 0.25) is 5.91 Å². The van der Waals surface area contributed by atoms with Gasteiger partial charge in [-0.3, -0.25) is 24.1 Å². The molecule has 4 rings (SSSR count). The number of anilines is 1. The number of imide groups is 1. The minimum absolute atomic E-state index is 0.0997. The van der Waals surface area contributed by atoms with E-state index in [2.05, 4.69) is 5.32 Å². The molecule has 1 N–H and O–H groups in total. The number of nitrogens with one attached hydrogen (secondary N) is 1. The third-order valence-electron chi connectivity index (χ3n) is 5.26. The van der Waals surface area contributed by atoms with E-state index in [1.807, 2.05) is 0 Å². The van der Waals surface area contributed by atoms with Gasteiger partial charge in [0.05, 0.1) is 23.4 Å². The quantitative estimate of drug-likeness (QED) is 0.760. The zero-order valence-corrected chi connectivity index (χ0v) is 16.5. The number of fused-ring (bicyclic) bond motifs is 2. The van der Waals surface area contributed by atoms with E-state index in [1.165, 1.54) is 16.8 Å².